The van der Waals surface area contributed by atoms with Gasteiger partial charge < -0.3 is 37.3 Å². The monoisotopic (exact) mass is 810 g/mol. The predicted octanol–water partition coefficient (Wildman–Crippen LogP) is 4.22. The Bertz CT molecular complexity index is 2160. The molecule has 2 aliphatic carbocycles. The van der Waals surface area contributed by atoms with Crippen LogP contribution in [0, 0.1) is 11.6 Å². The summed E-state index contributed by atoms with van der Waals surface area (Å²) < 4.78 is 63.5. The van der Waals surface area contributed by atoms with E-state index in [0.717, 1.165) is 50.7 Å². The number of nitrogen functional groups attached to an aromatic ring is 2. The fraction of sp³-hybridized carbons (Fsp3) is 0.421. The Balaban J connectivity index is 0.000000221. The maximum absolute atomic E-state index is 13.6. The number of nitrogens with one attached hydrogen (secondary N) is 3. The van der Waals surface area contributed by atoms with Crippen LogP contribution in [0.15, 0.2) is 48.8 Å². The van der Waals surface area contributed by atoms with Crippen molar-refractivity contribution in [1.29, 1.82) is 0 Å². The standard InChI is InChI=1S/C20H26FN5O4S.C18H22FN5O2/c1-3-31(28,29)26-14-7-5-13(6-8-14)24-20-23-11-16(19(22)25-20)18(27)15-10-12(21)4-9-17(15)30-2;1-26-15-7-2-10(19)8-13(15)16(25)14-9-22-18(24-17(14)21)23-12-5-3-11(20)4-6-12/h4,9-11,13-14,26H,3,5-8H2,1-2H3,(H3,22,23,24,25);2,7-9,11-12H,3-6,20H2,1H3,(H3,21,22,23,24). The van der Waals surface area contributed by atoms with E-state index in [2.05, 4.69) is 35.3 Å². The summed E-state index contributed by atoms with van der Waals surface area (Å²) in [7, 11) is -0.423. The highest BCUT2D eigenvalue weighted by molar-refractivity contribution is 7.89. The molecule has 0 atom stereocenters. The number of nitrogens with zero attached hydrogens (tertiary/aromatic N) is 4. The minimum atomic E-state index is -3.22. The summed E-state index contributed by atoms with van der Waals surface area (Å²) >= 11 is 0. The van der Waals surface area contributed by atoms with Gasteiger partial charge in [0.15, 0.2) is 0 Å². The topological polar surface area (TPSA) is 252 Å². The maximum atomic E-state index is 13.6. The van der Waals surface area contributed by atoms with Crippen molar-refractivity contribution in [3.63, 3.8) is 0 Å². The Morgan fingerprint density at radius 2 is 1.11 bits per heavy atom. The number of rotatable bonds is 13. The average molecular weight is 811 g/mol. The predicted molar refractivity (Wildman–Crippen MR) is 212 cm³/mol. The van der Waals surface area contributed by atoms with Crippen molar-refractivity contribution in [3.05, 3.63) is 82.7 Å². The van der Waals surface area contributed by atoms with Gasteiger partial charge in [0.2, 0.25) is 33.5 Å². The second kappa shape index (κ2) is 19.1. The van der Waals surface area contributed by atoms with Crippen LogP contribution in [-0.4, -0.2) is 84.1 Å². The minimum Gasteiger partial charge on any atom is -0.496 e. The summed E-state index contributed by atoms with van der Waals surface area (Å²) in [5.41, 5.74) is 18.1. The van der Waals surface area contributed by atoms with Crippen LogP contribution in [0.3, 0.4) is 0 Å². The maximum Gasteiger partial charge on any atom is 0.224 e. The summed E-state index contributed by atoms with van der Waals surface area (Å²) in [5, 5.41) is 6.41. The molecule has 0 amide bonds. The van der Waals surface area contributed by atoms with Gasteiger partial charge in [0.05, 0.1) is 42.2 Å². The van der Waals surface area contributed by atoms with Gasteiger partial charge in [-0.05, 0) is 94.7 Å². The third kappa shape index (κ3) is 11.3. The number of ether oxygens (including phenoxy) is 2. The highest BCUT2D eigenvalue weighted by Crippen LogP contribution is 2.28. The number of benzene rings is 2. The van der Waals surface area contributed by atoms with Crippen molar-refractivity contribution in [2.45, 2.75) is 82.5 Å². The first-order chi connectivity index (χ1) is 27.2. The molecular formula is C38H48F2N10O6S. The lowest BCUT2D eigenvalue weighted by Crippen LogP contribution is -2.40. The van der Waals surface area contributed by atoms with E-state index in [4.69, 9.17) is 26.7 Å². The zero-order valence-electron chi connectivity index (χ0n) is 31.9. The molecule has 306 valence electrons. The van der Waals surface area contributed by atoms with E-state index < -0.39 is 33.2 Å². The van der Waals surface area contributed by atoms with Gasteiger partial charge in [0.1, 0.15) is 34.8 Å². The molecular weight excluding hydrogens is 763 g/mol. The average Bonchev–Trinajstić information content (AvgIpc) is 3.19. The first-order valence-electron chi connectivity index (χ1n) is 18.5. The second-order valence-electron chi connectivity index (χ2n) is 13.8. The molecule has 2 aromatic heterocycles. The molecule has 0 unspecified atom stereocenters. The molecule has 2 saturated carbocycles. The molecule has 2 fully saturated rings. The molecule has 2 aliphatic rings. The zero-order chi connectivity index (χ0) is 41.3. The molecule has 19 heteroatoms. The van der Waals surface area contributed by atoms with Crippen molar-refractivity contribution in [2.24, 2.45) is 5.73 Å². The van der Waals surface area contributed by atoms with Crippen LogP contribution >= 0.6 is 0 Å². The summed E-state index contributed by atoms with van der Waals surface area (Å²) in [6, 6.07) is 7.84. The van der Waals surface area contributed by atoms with Gasteiger partial charge in [-0.3, -0.25) is 9.59 Å². The number of carbonyl (C=O) groups is 2. The molecule has 2 heterocycles. The van der Waals surface area contributed by atoms with Crippen LogP contribution in [-0.2, 0) is 10.0 Å². The highest BCUT2D eigenvalue weighted by atomic mass is 32.2. The Labute approximate surface area is 329 Å². The summed E-state index contributed by atoms with van der Waals surface area (Å²) in [4.78, 5) is 42.2. The Hall–Kier alpha value is -5.53. The van der Waals surface area contributed by atoms with E-state index in [-0.39, 0.29) is 81.3 Å². The molecule has 57 heavy (non-hydrogen) atoms. The number of carbonyl (C=O) groups excluding carboxylic acids is 2. The lowest BCUT2D eigenvalue weighted by atomic mass is 9.92. The van der Waals surface area contributed by atoms with E-state index >= 15 is 0 Å². The number of hydrogen-bond donors (Lipinski definition) is 6. The van der Waals surface area contributed by atoms with Crippen LogP contribution in [0.4, 0.5) is 32.3 Å². The van der Waals surface area contributed by atoms with Crippen LogP contribution in [0.5, 0.6) is 11.5 Å². The quantitative estimate of drug-likeness (QED) is 0.103. The van der Waals surface area contributed by atoms with Gasteiger partial charge >= 0.3 is 0 Å². The molecule has 4 aromatic rings. The van der Waals surface area contributed by atoms with Gasteiger partial charge in [-0.1, -0.05) is 0 Å². The molecule has 0 aliphatic heterocycles. The molecule has 0 spiro atoms. The summed E-state index contributed by atoms with van der Waals surface area (Å²) in [6.45, 7) is 1.61. The van der Waals surface area contributed by atoms with Gasteiger partial charge in [0.25, 0.3) is 0 Å². The lowest BCUT2D eigenvalue weighted by Gasteiger charge is -2.29. The second-order valence-corrected chi connectivity index (χ2v) is 15.8. The Morgan fingerprint density at radius 3 is 1.49 bits per heavy atom. The summed E-state index contributed by atoms with van der Waals surface area (Å²) in [6.07, 6.45) is 9.29. The molecule has 0 saturated heterocycles. The zero-order valence-corrected chi connectivity index (χ0v) is 32.7. The molecule has 16 nitrogen and oxygen atoms in total. The first-order valence-corrected chi connectivity index (χ1v) is 20.2. The number of methoxy groups -OCH3 is 2. The van der Waals surface area contributed by atoms with E-state index in [1.54, 1.807) is 6.92 Å². The van der Waals surface area contributed by atoms with E-state index in [0.29, 0.717) is 18.8 Å². The smallest absolute Gasteiger partial charge is 0.224 e. The van der Waals surface area contributed by atoms with E-state index in [9.17, 15) is 26.8 Å². The number of ketones is 2. The lowest BCUT2D eigenvalue weighted by molar-refractivity contribution is 0.102. The fourth-order valence-corrected chi connectivity index (χ4v) is 7.52. The number of hydrogen-bond acceptors (Lipinski definition) is 15. The molecule has 0 bridgehead atoms. The van der Waals surface area contributed by atoms with Crippen LogP contribution in [0.25, 0.3) is 0 Å². The summed E-state index contributed by atoms with van der Waals surface area (Å²) in [5.74, 6) is -0.947. The Morgan fingerprint density at radius 1 is 0.702 bits per heavy atom. The SMILES string of the molecule is CCS(=O)(=O)NC1CCC(Nc2ncc(C(=O)c3cc(F)ccc3OC)c(N)n2)CC1.COc1ccc(F)cc1C(=O)c1cnc(NC2CCC(N)CC2)nc1N. The van der Waals surface area contributed by atoms with Gasteiger partial charge in [-0.2, -0.15) is 9.97 Å². The van der Waals surface area contributed by atoms with Crippen molar-refractivity contribution < 1.29 is 36.3 Å². The first kappa shape index (κ1) is 42.6. The molecule has 9 N–H and O–H groups in total. The van der Waals surface area contributed by atoms with Gasteiger partial charge in [0, 0.05) is 36.6 Å². The molecule has 2 aromatic carbocycles. The fourth-order valence-electron chi connectivity index (χ4n) is 6.61. The number of nitrogens with two attached hydrogens (primary N) is 3. The highest BCUT2D eigenvalue weighted by Gasteiger charge is 2.26. The van der Waals surface area contributed by atoms with E-state index in [1.807, 2.05) is 0 Å². The Kier molecular flexibility index (Phi) is 14.3. The third-order valence-electron chi connectivity index (χ3n) is 9.83. The van der Waals surface area contributed by atoms with Crippen LogP contribution in [0.1, 0.15) is 90.1 Å². The van der Waals surface area contributed by atoms with Crippen molar-refractivity contribution >= 4 is 45.1 Å². The van der Waals surface area contributed by atoms with Crippen molar-refractivity contribution in [1.82, 2.24) is 24.7 Å². The van der Waals surface area contributed by atoms with Crippen molar-refractivity contribution in [3.8, 4) is 11.5 Å². The van der Waals surface area contributed by atoms with Crippen LogP contribution < -0.4 is 42.0 Å². The van der Waals surface area contributed by atoms with Crippen LogP contribution in [0.2, 0.25) is 0 Å². The third-order valence-corrected chi connectivity index (χ3v) is 11.3. The van der Waals surface area contributed by atoms with Gasteiger partial charge in [-0.25, -0.2) is 31.9 Å². The van der Waals surface area contributed by atoms with Gasteiger partial charge in [-0.15, -0.1) is 0 Å². The number of halogens is 2. The van der Waals surface area contributed by atoms with Crippen molar-refractivity contribution in [2.75, 3.05) is 42.1 Å². The van der Waals surface area contributed by atoms with E-state index in [1.165, 1.54) is 50.9 Å². The number of anilines is 4. The molecule has 6 rings (SSSR count). The molecule has 0 radical (unpaired) electrons. The normalized spacial score (nSPS) is 19.4. The minimum absolute atomic E-state index is 0.0294. The number of aromatic nitrogens is 4. The largest absolute Gasteiger partial charge is 0.496 e. The number of sulfonamides is 1.